The van der Waals surface area contributed by atoms with Crippen LogP contribution in [0.3, 0.4) is 0 Å². The minimum atomic E-state index is -0.0280. The Morgan fingerprint density at radius 2 is 1.56 bits per heavy atom. The molecule has 1 aromatic carbocycles. The van der Waals surface area contributed by atoms with E-state index in [4.69, 9.17) is 9.47 Å². The summed E-state index contributed by atoms with van der Waals surface area (Å²) in [6, 6.07) is 4.04. The smallest absolute Gasteiger partial charge is 0.239 e. The Morgan fingerprint density at radius 1 is 0.960 bits per heavy atom. The Morgan fingerprint density at radius 3 is 2.16 bits per heavy atom. The van der Waals surface area contributed by atoms with Crippen molar-refractivity contribution in [2.75, 3.05) is 33.9 Å². The molecule has 1 saturated heterocycles. The topological polar surface area (TPSA) is 42.0 Å². The van der Waals surface area contributed by atoms with Crippen LogP contribution in [0.2, 0.25) is 0 Å². The molecule has 5 heteroatoms. The van der Waals surface area contributed by atoms with E-state index in [1.54, 1.807) is 14.2 Å². The van der Waals surface area contributed by atoms with Crippen LogP contribution in [0.4, 0.5) is 0 Å². The van der Waals surface area contributed by atoms with E-state index in [2.05, 4.69) is 11.8 Å². The molecule has 1 atom stereocenters. The van der Waals surface area contributed by atoms with Crippen LogP contribution in [0.25, 0.3) is 0 Å². The molecule has 0 radical (unpaired) electrons. The molecule has 1 amide bonds. The van der Waals surface area contributed by atoms with Crippen molar-refractivity contribution in [1.82, 2.24) is 9.80 Å². The number of ether oxygens (including phenoxy) is 2. The average molecular weight is 346 g/mol. The van der Waals surface area contributed by atoms with Crippen molar-refractivity contribution >= 4 is 5.91 Å². The molecule has 138 valence electrons. The van der Waals surface area contributed by atoms with Gasteiger partial charge in [-0.25, -0.2) is 0 Å². The highest BCUT2D eigenvalue weighted by Crippen LogP contribution is 2.33. The summed E-state index contributed by atoms with van der Waals surface area (Å²) in [6.07, 6.45) is 5.86. The first-order valence-corrected chi connectivity index (χ1v) is 9.40. The second-order valence-electron chi connectivity index (χ2n) is 7.11. The molecule has 0 aliphatic carbocycles. The monoisotopic (exact) mass is 346 g/mol. The molecule has 25 heavy (non-hydrogen) atoms. The Kier molecular flexibility index (Phi) is 5.84. The third-order valence-corrected chi connectivity index (χ3v) is 5.58. The molecular weight excluding hydrogens is 316 g/mol. The van der Waals surface area contributed by atoms with E-state index in [9.17, 15) is 4.79 Å². The highest BCUT2D eigenvalue weighted by molar-refractivity contribution is 5.81. The number of benzene rings is 1. The fourth-order valence-electron chi connectivity index (χ4n) is 3.97. The molecule has 1 unspecified atom stereocenters. The first-order chi connectivity index (χ1) is 12.1. The molecule has 5 nitrogen and oxygen atoms in total. The summed E-state index contributed by atoms with van der Waals surface area (Å²) in [4.78, 5) is 17.4. The molecule has 2 aliphatic heterocycles. The summed E-state index contributed by atoms with van der Waals surface area (Å²) >= 11 is 0. The fraction of sp³-hybridized carbons (Fsp3) is 0.650. The van der Waals surface area contributed by atoms with Crippen LogP contribution in [0.1, 0.15) is 43.7 Å². The van der Waals surface area contributed by atoms with Crippen LogP contribution in [-0.4, -0.2) is 55.6 Å². The summed E-state index contributed by atoms with van der Waals surface area (Å²) in [7, 11) is 3.31. The number of hydrogen-bond acceptors (Lipinski definition) is 4. The minimum absolute atomic E-state index is 0.0280. The van der Waals surface area contributed by atoms with Crippen molar-refractivity contribution in [2.45, 2.75) is 51.6 Å². The maximum absolute atomic E-state index is 13.0. The van der Waals surface area contributed by atoms with E-state index in [0.29, 0.717) is 6.54 Å². The zero-order chi connectivity index (χ0) is 17.8. The van der Waals surface area contributed by atoms with Gasteiger partial charge in [-0.2, -0.15) is 0 Å². The molecule has 2 aliphatic rings. The molecule has 0 saturated carbocycles. The Labute approximate surface area is 150 Å². The molecule has 1 fully saturated rings. The number of likely N-dealkylation sites (tertiary alicyclic amines) is 1. The molecule has 3 rings (SSSR count). The van der Waals surface area contributed by atoms with Crippen LogP contribution in [0.5, 0.6) is 11.5 Å². The third-order valence-electron chi connectivity index (χ3n) is 5.58. The zero-order valence-corrected chi connectivity index (χ0v) is 15.7. The zero-order valence-electron chi connectivity index (χ0n) is 15.7. The largest absolute Gasteiger partial charge is 0.493 e. The number of methoxy groups -OCH3 is 2. The number of fused-ring (bicyclic) bond motifs is 1. The molecule has 0 aromatic heterocycles. The molecule has 1 aromatic rings. The van der Waals surface area contributed by atoms with Crippen molar-refractivity contribution in [2.24, 2.45) is 0 Å². The van der Waals surface area contributed by atoms with Crippen molar-refractivity contribution in [3.63, 3.8) is 0 Å². The number of nitrogens with zero attached hydrogens (tertiary/aromatic N) is 2. The number of hydrogen-bond donors (Lipinski definition) is 0. The second kappa shape index (κ2) is 8.09. The number of amides is 1. The SMILES string of the molecule is COc1cc2c(cc1OC)CN(C(=O)C(C)N1CCCCCC1)CC2. The lowest BCUT2D eigenvalue weighted by Crippen LogP contribution is -2.48. The molecule has 0 spiro atoms. The van der Waals surface area contributed by atoms with Crippen molar-refractivity contribution in [3.05, 3.63) is 23.3 Å². The normalized spacial score (nSPS) is 19.7. The van der Waals surface area contributed by atoms with Crippen molar-refractivity contribution in [1.29, 1.82) is 0 Å². The lowest BCUT2D eigenvalue weighted by Gasteiger charge is -2.35. The van der Waals surface area contributed by atoms with E-state index in [-0.39, 0.29) is 11.9 Å². The maximum atomic E-state index is 13.0. The van der Waals surface area contributed by atoms with Gasteiger partial charge in [0.2, 0.25) is 5.91 Å². The first-order valence-electron chi connectivity index (χ1n) is 9.40. The van der Waals surface area contributed by atoms with E-state index >= 15 is 0 Å². The van der Waals surface area contributed by atoms with E-state index in [1.165, 1.54) is 36.8 Å². The molecular formula is C20H30N2O3. The summed E-state index contributed by atoms with van der Waals surface area (Å²) in [6.45, 7) is 5.59. The number of rotatable bonds is 4. The van der Waals surface area contributed by atoms with Gasteiger partial charge in [-0.05, 0) is 62.5 Å². The average Bonchev–Trinajstić information content (AvgIpc) is 2.94. The Bertz CT molecular complexity index is 609. The van der Waals surface area contributed by atoms with Crippen molar-refractivity contribution < 1.29 is 14.3 Å². The molecule has 2 heterocycles. The summed E-state index contributed by atoms with van der Waals surface area (Å²) < 4.78 is 10.8. The maximum Gasteiger partial charge on any atom is 0.239 e. The summed E-state index contributed by atoms with van der Waals surface area (Å²) in [5.41, 5.74) is 2.42. The van der Waals surface area contributed by atoms with Crippen LogP contribution in [0, 0.1) is 0 Å². The highest BCUT2D eigenvalue weighted by atomic mass is 16.5. The third kappa shape index (κ3) is 3.92. The van der Waals surface area contributed by atoms with Gasteiger partial charge in [-0.3, -0.25) is 9.69 Å². The Balaban J connectivity index is 1.71. The van der Waals surface area contributed by atoms with Gasteiger partial charge in [-0.1, -0.05) is 12.8 Å². The highest BCUT2D eigenvalue weighted by Gasteiger charge is 2.29. The minimum Gasteiger partial charge on any atom is -0.493 e. The van der Waals surface area contributed by atoms with Gasteiger partial charge in [0.25, 0.3) is 0 Å². The van der Waals surface area contributed by atoms with Crippen LogP contribution in [-0.2, 0) is 17.8 Å². The fourth-order valence-corrected chi connectivity index (χ4v) is 3.97. The van der Waals surface area contributed by atoms with Gasteiger partial charge in [0.05, 0.1) is 20.3 Å². The van der Waals surface area contributed by atoms with Crippen LogP contribution in [0.15, 0.2) is 12.1 Å². The molecule has 0 bridgehead atoms. The predicted molar refractivity (Wildman–Crippen MR) is 98.2 cm³/mol. The lowest BCUT2D eigenvalue weighted by molar-refractivity contribution is -0.137. The van der Waals surface area contributed by atoms with Crippen molar-refractivity contribution in [3.8, 4) is 11.5 Å². The van der Waals surface area contributed by atoms with Gasteiger partial charge < -0.3 is 14.4 Å². The van der Waals surface area contributed by atoms with Gasteiger partial charge in [0.15, 0.2) is 11.5 Å². The summed E-state index contributed by atoms with van der Waals surface area (Å²) in [5.74, 6) is 1.75. The van der Waals surface area contributed by atoms with Gasteiger partial charge in [-0.15, -0.1) is 0 Å². The van der Waals surface area contributed by atoms with Crippen LogP contribution < -0.4 is 9.47 Å². The van der Waals surface area contributed by atoms with Gasteiger partial charge in [0.1, 0.15) is 0 Å². The summed E-state index contributed by atoms with van der Waals surface area (Å²) in [5, 5.41) is 0. The predicted octanol–water partition coefficient (Wildman–Crippen LogP) is 2.85. The molecule has 0 N–H and O–H groups in total. The lowest BCUT2D eigenvalue weighted by atomic mass is 9.98. The Hall–Kier alpha value is -1.75. The van der Waals surface area contributed by atoms with Gasteiger partial charge >= 0.3 is 0 Å². The number of carbonyl (C=O) groups excluding carboxylic acids is 1. The standard InChI is InChI=1S/C20H30N2O3/c1-15(21-9-6-4-5-7-10-21)20(23)22-11-8-16-12-18(24-2)19(25-3)13-17(16)14-22/h12-13,15H,4-11,14H2,1-3H3. The quantitative estimate of drug-likeness (QED) is 0.841. The van der Waals surface area contributed by atoms with E-state index < -0.39 is 0 Å². The number of carbonyl (C=O) groups is 1. The van der Waals surface area contributed by atoms with Crippen LogP contribution >= 0.6 is 0 Å². The van der Waals surface area contributed by atoms with E-state index in [1.807, 2.05) is 17.0 Å². The van der Waals surface area contributed by atoms with Gasteiger partial charge in [0, 0.05) is 13.1 Å². The first kappa shape index (κ1) is 18.1. The van der Waals surface area contributed by atoms with E-state index in [0.717, 1.165) is 37.6 Å². The second-order valence-corrected chi connectivity index (χ2v) is 7.11.